The van der Waals surface area contributed by atoms with Crippen LogP contribution < -0.4 is 15.8 Å². The number of nitrogen functional groups attached to an aromatic ring is 1. The molecule has 1 rings (SSSR count). The monoisotopic (exact) mass is 223 g/mol. The number of nitrogens with two attached hydrogens (primary N) is 1. The number of methoxy groups -OCH3 is 1. The zero-order valence-electron chi connectivity index (χ0n) is 9.78. The van der Waals surface area contributed by atoms with Gasteiger partial charge in [-0.3, -0.25) is 4.79 Å². The van der Waals surface area contributed by atoms with Crippen LogP contribution in [0, 0.1) is 0 Å². The van der Waals surface area contributed by atoms with E-state index < -0.39 is 0 Å². The molecule has 0 bridgehead atoms. The lowest BCUT2D eigenvalue weighted by Crippen LogP contribution is -2.27. The van der Waals surface area contributed by atoms with Gasteiger partial charge in [-0.25, -0.2) is 0 Å². The first kappa shape index (κ1) is 12.3. The predicted molar refractivity (Wildman–Crippen MR) is 64.6 cm³/mol. The van der Waals surface area contributed by atoms with Gasteiger partial charge in [0, 0.05) is 5.69 Å². The van der Waals surface area contributed by atoms with Gasteiger partial charge in [-0.05, 0) is 32.3 Å². The van der Waals surface area contributed by atoms with Crippen molar-refractivity contribution in [2.24, 2.45) is 0 Å². The molecule has 0 aliphatic heterocycles. The van der Waals surface area contributed by atoms with Crippen LogP contribution in [0.2, 0.25) is 0 Å². The number of rotatable bonds is 4. The second-order valence-electron chi connectivity index (χ2n) is 3.75. The maximum atomic E-state index is 11.6. The lowest BCUT2D eigenvalue weighted by atomic mass is 10.2. The van der Waals surface area contributed by atoms with E-state index in [-0.39, 0.29) is 5.91 Å². The molecule has 5 heteroatoms. The Labute approximate surface area is 95.2 Å². The summed E-state index contributed by atoms with van der Waals surface area (Å²) in [7, 11) is 5.21. The summed E-state index contributed by atoms with van der Waals surface area (Å²) < 4.78 is 5.12. The molecule has 0 spiro atoms. The summed E-state index contributed by atoms with van der Waals surface area (Å²) in [6.07, 6.45) is 0. The van der Waals surface area contributed by atoms with Gasteiger partial charge >= 0.3 is 0 Å². The Morgan fingerprint density at radius 2 is 2.19 bits per heavy atom. The van der Waals surface area contributed by atoms with Gasteiger partial charge in [-0.15, -0.1) is 0 Å². The summed E-state index contributed by atoms with van der Waals surface area (Å²) in [4.78, 5) is 13.3. The molecule has 0 aliphatic rings. The third kappa shape index (κ3) is 3.43. The van der Waals surface area contributed by atoms with E-state index in [0.717, 1.165) is 0 Å². The molecule has 0 radical (unpaired) electrons. The van der Waals surface area contributed by atoms with E-state index in [1.807, 2.05) is 14.1 Å². The Hall–Kier alpha value is -1.75. The number of nitrogens with zero attached hydrogens (tertiary/aromatic N) is 1. The van der Waals surface area contributed by atoms with Crippen molar-refractivity contribution in [2.75, 3.05) is 38.8 Å². The van der Waals surface area contributed by atoms with Gasteiger partial charge in [0.15, 0.2) is 0 Å². The van der Waals surface area contributed by atoms with Gasteiger partial charge < -0.3 is 20.7 Å². The quantitative estimate of drug-likeness (QED) is 0.740. The van der Waals surface area contributed by atoms with E-state index in [2.05, 4.69) is 5.32 Å². The Morgan fingerprint density at radius 1 is 1.50 bits per heavy atom. The highest BCUT2D eigenvalue weighted by molar-refractivity contribution is 5.94. The third-order valence-corrected chi connectivity index (χ3v) is 1.96. The topological polar surface area (TPSA) is 67.6 Å². The van der Waals surface area contributed by atoms with E-state index in [1.165, 1.54) is 0 Å². The number of hydrogen-bond donors (Lipinski definition) is 2. The van der Waals surface area contributed by atoms with E-state index >= 15 is 0 Å². The Bertz CT molecular complexity index is 377. The van der Waals surface area contributed by atoms with E-state index in [1.54, 1.807) is 30.2 Å². The largest absolute Gasteiger partial charge is 0.495 e. The Kier molecular flexibility index (Phi) is 4.13. The molecular weight excluding hydrogens is 206 g/mol. The zero-order valence-corrected chi connectivity index (χ0v) is 9.78. The molecule has 88 valence electrons. The van der Waals surface area contributed by atoms with Crippen LogP contribution in [-0.2, 0) is 4.79 Å². The van der Waals surface area contributed by atoms with Crippen molar-refractivity contribution >= 4 is 17.3 Å². The van der Waals surface area contributed by atoms with Crippen LogP contribution in [0.4, 0.5) is 11.4 Å². The molecule has 0 aliphatic carbocycles. The first-order chi connectivity index (χ1) is 7.52. The summed E-state index contributed by atoms with van der Waals surface area (Å²) in [5.41, 5.74) is 6.82. The molecule has 3 N–H and O–H groups in total. The van der Waals surface area contributed by atoms with E-state index in [9.17, 15) is 4.79 Å². The lowest BCUT2D eigenvalue weighted by Gasteiger charge is -2.13. The molecule has 0 heterocycles. The van der Waals surface area contributed by atoms with Gasteiger partial charge in [0.25, 0.3) is 0 Å². The van der Waals surface area contributed by atoms with Crippen LogP contribution in [0.1, 0.15) is 0 Å². The number of likely N-dealkylation sites (N-methyl/N-ethyl adjacent to an activating group) is 1. The minimum atomic E-state index is -0.103. The van der Waals surface area contributed by atoms with Crippen molar-refractivity contribution in [1.82, 2.24) is 4.90 Å². The van der Waals surface area contributed by atoms with Crippen LogP contribution in [0.3, 0.4) is 0 Å². The fraction of sp³-hybridized carbons (Fsp3) is 0.364. The minimum Gasteiger partial charge on any atom is -0.495 e. The third-order valence-electron chi connectivity index (χ3n) is 1.96. The number of anilines is 2. The van der Waals surface area contributed by atoms with Crippen LogP contribution in [0.5, 0.6) is 5.75 Å². The molecule has 0 fully saturated rings. The van der Waals surface area contributed by atoms with Gasteiger partial charge in [-0.2, -0.15) is 0 Å². The van der Waals surface area contributed by atoms with Crippen LogP contribution in [-0.4, -0.2) is 38.6 Å². The smallest absolute Gasteiger partial charge is 0.238 e. The summed E-state index contributed by atoms with van der Waals surface area (Å²) in [5, 5.41) is 2.75. The molecule has 0 saturated carbocycles. The molecule has 0 unspecified atom stereocenters. The number of hydrogen-bond acceptors (Lipinski definition) is 4. The highest BCUT2D eigenvalue weighted by Gasteiger charge is 2.08. The maximum Gasteiger partial charge on any atom is 0.238 e. The first-order valence-electron chi connectivity index (χ1n) is 4.91. The van der Waals surface area contributed by atoms with Crippen molar-refractivity contribution in [3.05, 3.63) is 18.2 Å². The standard InChI is InChI=1S/C11H17N3O2/c1-14(2)7-11(15)13-9-6-8(12)4-5-10(9)16-3/h4-6H,7,12H2,1-3H3,(H,13,15). The van der Waals surface area contributed by atoms with Gasteiger partial charge in [0.1, 0.15) is 5.75 Å². The number of carbonyl (C=O) groups is 1. The zero-order chi connectivity index (χ0) is 12.1. The Balaban J connectivity index is 2.79. The molecule has 1 amide bonds. The van der Waals surface area contributed by atoms with E-state index in [4.69, 9.17) is 10.5 Å². The molecule has 0 saturated heterocycles. The van der Waals surface area contributed by atoms with Gasteiger partial charge in [0.05, 0.1) is 19.3 Å². The summed E-state index contributed by atoms with van der Waals surface area (Å²) in [6, 6.07) is 5.12. The summed E-state index contributed by atoms with van der Waals surface area (Å²) in [5.74, 6) is 0.496. The second kappa shape index (κ2) is 5.37. The highest BCUT2D eigenvalue weighted by atomic mass is 16.5. The average molecular weight is 223 g/mol. The lowest BCUT2D eigenvalue weighted by molar-refractivity contribution is -0.116. The van der Waals surface area contributed by atoms with Crippen LogP contribution >= 0.6 is 0 Å². The Morgan fingerprint density at radius 3 is 2.75 bits per heavy atom. The average Bonchev–Trinajstić information content (AvgIpc) is 2.16. The van der Waals surface area contributed by atoms with Crippen molar-refractivity contribution in [1.29, 1.82) is 0 Å². The molecule has 1 aromatic rings. The number of ether oxygens (including phenoxy) is 1. The summed E-state index contributed by atoms with van der Waals surface area (Å²) in [6.45, 7) is 0.317. The number of benzene rings is 1. The van der Waals surface area contributed by atoms with Crippen molar-refractivity contribution in [3.8, 4) is 5.75 Å². The van der Waals surface area contributed by atoms with Gasteiger partial charge in [0.2, 0.25) is 5.91 Å². The second-order valence-corrected chi connectivity index (χ2v) is 3.75. The first-order valence-corrected chi connectivity index (χ1v) is 4.91. The van der Waals surface area contributed by atoms with Crippen LogP contribution in [0.25, 0.3) is 0 Å². The number of amides is 1. The number of nitrogens with one attached hydrogen (secondary N) is 1. The molecule has 1 aromatic carbocycles. The van der Waals surface area contributed by atoms with Crippen molar-refractivity contribution in [3.63, 3.8) is 0 Å². The molecule has 0 aromatic heterocycles. The predicted octanol–water partition coefficient (Wildman–Crippen LogP) is 0.777. The van der Waals surface area contributed by atoms with E-state index in [0.29, 0.717) is 23.7 Å². The SMILES string of the molecule is COc1ccc(N)cc1NC(=O)CN(C)C. The molecular formula is C11H17N3O2. The highest BCUT2D eigenvalue weighted by Crippen LogP contribution is 2.26. The van der Waals surface area contributed by atoms with Crippen LogP contribution in [0.15, 0.2) is 18.2 Å². The molecule has 0 atom stereocenters. The van der Waals surface area contributed by atoms with Gasteiger partial charge in [-0.1, -0.05) is 0 Å². The van der Waals surface area contributed by atoms with Crippen molar-refractivity contribution < 1.29 is 9.53 Å². The fourth-order valence-electron chi connectivity index (χ4n) is 1.30. The number of carbonyl (C=O) groups excluding carboxylic acids is 1. The fourth-order valence-corrected chi connectivity index (χ4v) is 1.30. The van der Waals surface area contributed by atoms with Crippen molar-refractivity contribution in [2.45, 2.75) is 0 Å². The maximum absolute atomic E-state index is 11.6. The molecule has 5 nitrogen and oxygen atoms in total. The summed E-state index contributed by atoms with van der Waals surface area (Å²) >= 11 is 0. The minimum absolute atomic E-state index is 0.103. The normalized spacial score (nSPS) is 10.2. The molecule has 16 heavy (non-hydrogen) atoms.